The second-order valence-electron chi connectivity index (χ2n) is 7.98. The Morgan fingerprint density at radius 1 is 0.941 bits per heavy atom. The van der Waals surface area contributed by atoms with Crippen molar-refractivity contribution in [3.8, 4) is 0 Å². The first-order valence-electron chi connectivity index (χ1n) is 11.3. The van der Waals surface area contributed by atoms with Crippen LogP contribution in [0.3, 0.4) is 0 Å². The molecule has 0 bridgehead atoms. The van der Waals surface area contributed by atoms with E-state index in [2.05, 4.69) is 10.0 Å². The number of rotatable bonds is 12. The smallest absolute Gasteiger partial charge is 0.303 e. The highest BCUT2D eigenvalue weighted by Crippen LogP contribution is 2.30. The van der Waals surface area contributed by atoms with E-state index < -0.39 is 36.7 Å². The van der Waals surface area contributed by atoms with Crippen LogP contribution >= 0.6 is 0 Å². The monoisotopic (exact) mass is 469 g/mol. The number of esters is 1. The Kier molecular flexibility index (Phi) is 10.3. The summed E-state index contributed by atoms with van der Waals surface area (Å²) in [5.41, 5.74) is 10.4. The molecular formula is C25H31N3O6. The molecule has 1 aliphatic rings. The van der Waals surface area contributed by atoms with Crippen LogP contribution in [0, 0.1) is 0 Å². The van der Waals surface area contributed by atoms with Crippen LogP contribution in [0.15, 0.2) is 65.8 Å². The SMILES string of the molecule is CC(=O)O[C@H]1[C@H](OCc2ccccc2)[C@H](OCCCN=[N+]=[N-])O[C@@H](C)[C@H]1OCc1ccccc1. The molecule has 0 N–H and O–H groups in total. The van der Waals surface area contributed by atoms with E-state index in [0.29, 0.717) is 26.2 Å². The number of hydrogen-bond donors (Lipinski definition) is 0. The van der Waals surface area contributed by atoms with Crippen LogP contribution in [-0.4, -0.2) is 49.8 Å². The predicted octanol–water partition coefficient (Wildman–Crippen LogP) is 4.55. The first-order valence-corrected chi connectivity index (χ1v) is 11.3. The molecule has 1 heterocycles. The van der Waals surface area contributed by atoms with Crippen LogP contribution in [-0.2, 0) is 41.7 Å². The lowest BCUT2D eigenvalue weighted by molar-refractivity contribution is -0.313. The van der Waals surface area contributed by atoms with E-state index in [1.807, 2.05) is 67.6 Å². The highest BCUT2D eigenvalue weighted by Gasteiger charge is 2.48. The summed E-state index contributed by atoms with van der Waals surface area (Å²) in [5, 5.41) is 3.52. The van der Waals surface area contributed by atoms with Gasteiger partial charge in [0.05, 0.1) is 19.3 Å². The molecule has 5 atom stereocenters. The van der Waals surface area contributed by atoms with E-state index in [9.17, 15) is 4.79 Å². The first kappa shape index (κ1) is 25.7. The summed E-state index contributed by atoms with van der Waals surface area (Å²) in [7, 11) is 0. The van der Waals surface area contributed by atoms with Gasteiger partial charge in [-0.1, -0.05) is 65.8 Å². The second-order valence-corrected chi connectivity index (χ2v) is 7.98. The fourth-order valence-corrected chi connectivity index (χ4v) is 3.75. The summed E-state index contributed by atoms with van der Waals surface area (Å²) in [6, 6.07) is 19.4. The van der Waals surface area contributed by atoms with Crippen LogP contribution in [0.25, 0.3) is 10.4 Å². The van der Waals surface area contributed by atoms with E-state index in [1.54, 1.807) is 0 Å². The average molecular weight is 470 g/mol. The van der Waals surface area contributed by atoms with Gasteiger partial charge >= 0.3 is 5.97 Å². The molecule has 0 radical (unpaired) electrons. The third-order valence-electron chi connectivity index (χ3n) is 5.35. The zero-order valence-electron chi connectivity index (χ0n) is 19.5. The van der Waals surface area contributed by atoms with Gasteiger partial charge in [-0.25, -0.2) is 0 Å². The molecule has 1 aliphatic heterocycles. The van der Waals surface area contributed by atoms with Crippen LogP contribution in [0.4, 0.5) is 0 Å². The van der Waals surface area contributed by atoms with E-state index in [-0.39, 0.29) is 6.61 Å². The van der Waals surface area contributed by atoms with E-state index >= 15 is 0 Å². The van der Waals surface area contributed by atoms with Gasteiger partial charge in [-0.05, 0) is 30.0 Å². The Bertz CT molecular complexity index is 923. The molecule has 0 unspecified atom stereocenters. The first-order chi connectivity index (χ1) is 16.6. The van der Waals surface area contributed by atoms with Crippen molar-refractivity contribution in [1.29, 1.82) is 0 Å². The van der Waals surface area contributed by atoms with E-state index in [1.165, 1.54) is 6.92 Å². The molecule has 9 nitrogen and oxygen atoms in total. The molecule has 2 aromatic carbocycles. The standard InChI is InChI=1S/C25H31N3O6/c1-18-22(31-16-20-10-5-3-6-11-20)23(34-19(2)29)24(32-17-21-12-7-4-8-13-21)25(33-18)30-15-9-14-27-28-26/h3-8,10-13,18,22-25H,9,14-17H2,1-2H3/t18-,22+,23+,24-,25+/m0/s1. The van der Waals surface area contributed by atoms with Crippen LogP contribution in [0.2, 0.25) is 0 Å². The van der Waals surface area contributed by atoms with Crippen molar-refractivity contribution in [2.75, 3.05) is 13.2 Å². The predicted molar refractivity (Wildman–Crippen MR) is 125 cm³/mol. The third-order valence-corrected chi connectivity index (χ3v) is 5.35. The number of ether oxygens (including phenoxy) is 5. The largest absolute Gasteiger partial charge is 0.457 e. The third kappa shape index (κ3) is 7.83. The van der Waals surface area contributed by atoms with Crippen LogP contribution in [0.5, 0.6) is 0 Å². The van der Waals surface area contributed by atoms with E-state index in [0.717, 1.165) is 11.1 Å². The van der Waals surface area contributed by atoms with Crippen molar-refractivity contribution in [2.45, 2.75) is 64.2 Å². The quantitative estimate of drug-likeness (QED) is 0.148. The zero-order valence-corrected chi connectivity index (χ0v) is 19.5. The minimum atomic E-state index is -0.786. The van der Waals surface area contributed by atoms with Gasteiger partial charge in [0.15, 0.2) is 12.4 Å². The lowest BCUT2D eigenvalue weighted by atomic mass is 9.98. The van der Waals surface area contributed by atoms with Gasteiger partial charge in [0.25, 0.3) is 0 Å². The molecular weight excluding hydrogens is 438 g/mol. The van der Waals surface area contributed by atoms with Crippen molar-refractivity contribution in [1.82, 2.24) is 0 Å². The molecule has 182 valence electrons. The Balaban J connectivity index is 1.77. The number of hydrogen-bond acceptors (Lipinski definition) is 7. The number of nitrogens with zero attached hydrogens (tertiary/aromatic N) is 3. The zero-order chi connectivity index (χ0) is 24.2. The molecule has 9 heteroatoms. The lowest BCUT2D eigenvalue weighted by Gasteiger charge is -2.44. The fraction of sp³-hybridized carbons (Fsp3) is 0.480. The maximum Gasteiger partial charge on any atom is 0.303 e. The van der Waals surface area contributed by atoms with Crippen LogP contribution < -0.4 is 0 Å². The number of azide groups is 1. The molecule has 1 saturated heterocycles. The van der Waals surface area contributed by atoms with Crippen molar-refractivity contribution < 1.29 is 28.5 Å². The van der Waals surface area contributed by atoms with Gasteiger partial charge in [-0.3, -0.25) is 4.79 Å². The highest BCUT2D eigenvalue weighted by molar-refractivity contribution is 5.66. The summed E-state index contributed by atoms with van der Waals surface area (Å²) in [6.45, 7) is 4.44. The molecule has 0 spiro atoms. The molecule has 1 fully saturated rings. The fourth-order valence-electron chi connectivity index (χ4n) is 3.75. The minimum absolute atomic E-state index is 0.283. The summed E-state index contributed by atoms with van der Waals surface area (Å²) < 4.78 is 30.2. The van der Waals surface area contributed by atoms with Gasteiger partial charge in [0.2, 0.25) is 0 Å². The van der Waals surface area contributed by atoms with E-state index in [4.69, 9.17) is 29.2 Å². The van der Waals surface area contributed by atoms with Crippen molar-refractivity contribution >= 4 is 5.97 Å². The van der Waals surface area contributed by atoms with Gasteiger partial charge in [-0.15, -0.1) is 0 Å². The minimum Gasteiger partial charge on any atom is -0.457 e. The summed E-state index contributed by atoms with van der Waals surface area (Å²) in [4.78, 5) is 14.8. The molecule has 0 amide bonds. The van der Waals surface area contributed by atoms with Gasteiger partial charge < -0.3 is 23.7 Å². The maximum atomic E-state index is 12.0. The van der Waals surface area contributed by atoms with Crippen molar-refractivity contribution in [3.05, 3.63) is 82.2 Å². The number of carbonyl (C=O) groups is 1. The Labute approximate surface area is 199 Å². The molecule has 0 saturated carbocycles. The second kappa shape index (κ2) is 13.7. The molecule has 2 aromatic rings. The van der Waals surface area contributed by atoms with Gasteiger partial charge in [-0.2, -0.15) is 0 Å². The van der Waals surface area contributed by atoms with Gasteiger partial charge in [0, 0.05) is 25.0 Å². The summed E-state index contributed by atoms with van der Waals surface area (Å²) in [6.07, 6.45) is -2.71. The molecule has 0 aromatic heterocycles. The lowest BCUT2D eigenvalue weighted by Crippen LogP contribution is -2.60. The maximum absolute atomic E-state index is 12.0. The van der Waals surface area contributed by atoms with Crippen LogP contribution in [0.1, 0.15) is 31.4 Å². The van der Waals surface area contributed by atoms with Crippen molar-refractivity contribution in [3.63, 3.8) is 0 Å². The molecule has 0 aliphatic carbocycles. The number of carbonyl (C=O) groups excluding carboxylic acids is 1. The molecule has 3 rings (SSSR count). The summed E-state index contributed by atoms with van der Waals surface area (Å²) >= 11 is 0. The average Bonchev–Trinajstić information content (AvgIpc) is 2.84. The Morgan fingerprint density at radius 3 is 2.09 bits per heavy atom. The molecule has 34 heavy (non-hydrogen) atoms. The Morgan fingerprint density at radius 2 is 1.53 bits per heavy atom. The Hall–Kier alpha value is -2.94. The topological polar surface area (TPSA) is 112 Å². The number of benzene rings is 2. The summed E-state index contributed by atoms with van der Waals surface area (Å²) in [5.74, 6) is -0.442. The van der Waals surface area contributed by atoms with Gasteiger partial charge in [0.1, 0.15) is 12.2 Å². The van der Waals surface area contributed by atoms with Crippen molar-refractivity contribution in [2.24, 2.45) is 5.11 Å². The normalized spacial score (nSPS) is 24.2. The highest BCUT2D eigenvalue weighted by atomic mass is 16.7.